The smallest absolute Gasteiger partial charge is 0.172 e. The third-order valence-electron chi connectivity index (χ3n) is 2.83. The lowest BCUT2D eigenvalue weighted by molar-refractivity contribution is 0.0857. The van der Waals surface area contributed by atoms with E-state index < -0.39 is 0 Å². The van der Waals surface area contributed by atoms with Gasteiger partial charge in [-0.2, -0.15) is 0 Å². The quantitative estimate of drug-likeness (QED) is 0.802. The minimum absolute atomic E-state index is 0.0463. The predicted octanol–water partition coefficient (Wildman–Crippen LogP) is 2.63. The fraction of sp³-hybridized carbons (Fsp3) is 0.308. The zero-order chi connectivity index (χ0) is 11.5. The maximum atomic E-state index is 12.1. The normalized spacial score (nSPS) is 12.9. The SMILES string of the molecule is CCC(CO)C(=O)c1coc2ccccc12. The molecule has 1 aromatic carbocycles. The number of fused-ring (bicyclic) bond motifs is 1. The molecule has 1 atom stereocenters. The average Bonchev–Trinajstić information content (AvgIpc) is 2.74. The van der Waals surface area contributed by atoms with Crippen LogP contribution in [0.1, 0.15) is 23.7 Å². The van der Waals surface area contributed by atoms with Crippen molar-refractivity contribution < 1.29 is 14.3 Å². The zero-order valence-electron chi connectivity index (χ0n) is 9.14. The van der Waals surface area contributed by atoms with Crippen LogP contribution in [-0.2, 0) is 0 Å². The Labute approximate surface area is 93.7 Å². The van der Waals surface area contributed by atoms with Crippen LogP contribution >= 0.6 is 0 Å². The van der Waals surface area contributed by atoms with E-state index in [1.165, 1.54) is 6.26 Å². The van der Waals surface area contributed by atoms with Gasteiger partial charge in [0, 0.05) is 11.3 Å². The Morgan fingerprint density at radius 3 is 2.88 bits per heavy atom. The molecule has 0 spiro atoms. The first-order valence-corrected chi connectivity index (χ1v) is 5.39. The Bertz CT molecular complexity index is 495. The highest BCUT2D eigenvalue weighted by Gasteiger charge is 2.21. The molecule has 0 saturated carbocycles. The third-order valence-corrected chi connectivity index (χ3v) is 2.83. The van der Waals surface area contributed by atoms with Crippen molar-refractivity contribution in [3.63, 3.8) is 0 Å². The van der Waals surface area contributed by atoms with Gasteiger partial charge in [0.15, 0.2) is 5.78 Å². The molecular weight excluding hydrogens is 204 g/mol. The molecule has 0 aliphatic rings. The molecule has 0 amide bonds. The first-order chi connectivity index (χ1) is 7.77. The monoisotopic (exact) mass is 218 g/mol. The standard InChI is InChI=1S/C13H14O3/c1-2-9(7-14)13(15)11-8-16-12-6-4-3-5-10(11)12/h3-6,8-9,14H,2,7H2,1H3. The minimum atomic E-state index is -0.332. The fourth-order valence-corrected chi connectivity index (χ4v) is 1.79. The number of ketones is 1. The number of hydrogen-bond acceptors (Lipinski definition) is 3. The van der Waals surface area contributed by atoms with Crippen molar-refractivity contribution >= 4 is 16.8 Å². The second kappa shape index (κ2) is 4.49. The van der Waals surface area contributed by atoms with Crippen molar-refractivity contribution in [1.29, 1.82) is 0 Å². The van der Waals surface area contributed by atoms with E-state index in [1.54, 1.807) is 0 Å². The van der Waals surface area contributed by atoms with Crippen molar-refractivity contribution in [1.82, 2.24) is 0 Å². The van der Waals surface area contributed by atoms with Crippen molar-refractivity contribution in [2.75, 3.05) is 6.61 Å². The van der Waals surface area contributed by atoms with Gasteiger partial charge >= 0.3 is 0 Å². The van der Waals surface area contributed by atoms with Gasteiger partial charge in [-0.25, -0.2) is 0 Å². The van der Waals surface area contributed by atoms with Crippen LogP contribution in [0.25, 0.3) is 11.0 Å². The van der Waals surface area contributed by atoms with Gasteiger partial charge in [0.25, 0.3) is 0 Å². The Morgan fingerprint density at radius 1 is 1.44 bits per heavy atom. The van der Waals surface area contributed by atoms with Gasteiger partial charge in [-0.3, -0.25) is 4.79 Å². The number of rotatable bonds is 4. The summed E-state index contributed by atoms with van der Waals surface area (Å²) in [7, 11) is 0. The summed E-state index contributed by atoms with van der Waals surface area (Å²) in [6.45, 7) is 1.77. The summed E-state index contributed by atoms with van der Waals surface area (Å²) < 4.78 is 5.31. The molecule has 0 fully saturated rings. The predicted molar refractivity (Wildman–Crippen MR) is 61.4 cm³/mol. The number of aliphatic hydroxyl groups excluding tert-OH is 1. The van der Waals surface area contributed by atoms with Gasteiger partial charge in [-0.15, -0.1) is 0 Å². The first kappa shape index (κ1) is 10.9. The lowest BCUT2D eigenvalue weighted by atomic mass is 9.96. The van der Waals surface area contributed by atoms with Crippen LogP contribution < -0.4 is 0 Å². The van der Waals surface area contributed by atoms with Gasteiger partial charge < -0.3 is 9.52 Å². The van der Waals surface area contributed by atoms with Crippen molar-refractivity contribution in [3.8, 4) is 0 Å². The summed E-state index contributed by atoms with van der Waals surface area (Å²) in [5.74, 6) is -0.379. The van der Waals surface area contributed by atoms with Crippen molar-refractivity contribution in [3.05, 3.63) is 36.1 Å². The van der Waals surface area contributed by atoms with Crippen LogP contribution in [-0.4, -0.2) is 17.5 Å². The molecule has 0 aliphatic heterocycles. The summed E-state index contributed by atoms with van der Waals surface area (Å²) in [5, 5.41) is 9.93. The largest absolute Gasteiger partial charge is 0.464 e. The number of aliphatic hydroxyl groups is 1. The van der Waals surface area contributed by atoms with Crippen LogP contribution in [0.2, 0.25) is 0 Å². The Kier molecular flexibility index (Phi) is 3.06. The number of carbonyl (C=O) groups is 1. The van der Waals surface area contributed by atoms with Gasteiger partial charge in [-0.1, -0.05) is 25.1 Å². The molecule has 0 aliphatic carbocycles. The van der Waals surface area contributed by atoms with E-state index in [9.17, 15) is 4.79 Å². The molecule has 1 aromatic heterocycles. The number of carbonyl (C=O) groups excluding carboxylic acids is 1. The molecule has 16 heavy (non-hydrogen) atoms. The van der Waals surface area contributed by atoms with Gasteiger partial charge in [0.05, 0.1) is 12.2 Å². The Hall–Kier alpha value is -1.61. The maximum absolute atomic E-state index is 12.1. The molecule has 2 aromatic rings. The Morgan fingerprint density at radius 2 is 2.19 bits per heavy atom. The van der Waals surface area contributed by atoms with E-state index in [4.69, 9.17) is 9.52 Å². The van der Waals surface area contributed by atoms with E-state index in [0.29, 0.717) is 17.6 Å². The van der Waals surface area contributed by atoms with E-state index in [-0.39, 0.29) is 18.3 Å². The van der Waals surface area contributed by atoms with Crippen LogP contribution in [0.5, 0.6) is 0 Å². The molecule has 84 valence electrons. The number of furan rings is 1. The molecule has 3 nitrogen and oxygen atoms in total. The number of Topliss-reactive ketones (excluding diaryl/α,β-unsaturated/α-hetero) is 1. The molecule has 3 heteroatoms. The van der Waals surface area contributed by atoms with Crippen LogP contribution in [0.15, 0.2) is 34.9 Å². The van der Waals surface area contributed by atoms with Crippen LogP contribution in [0, 0.1) is 5.92 Å². The maximum Gasteiger partial charge on any atom is 0.172 e. The number of para-hydroxylation sites is 1. The summed E-state index contributed by atoms with van der Waals surface area (Å²) in [5.41, 5.74) is 1.27. The van der Waals surface area contributed by atoms with Crippen LogP contribution in [0.4, 0.5) is 0 Å². The molecule has 1 unspecified atom stereocenters. The molecule has 2 rings (SSSR count). The average molecular weight is 218 g/mol. The van der Waals surface area contributed by atoms with Gasteiger partial charge in [0.1, 0.15) is 11.8 Å². The summed E-state index contributed by atoms with van der Waals surface area (Å²) in [6, 6.07) is 7.42. The molecule has 1 heterocycles. The highest BCUT2D eigenvalue weighted by molar-refractivity contribution is 6.08. The second-order valence-electron chi connectivity index (χ2n) is 3.80. The lowest BCUT2D eigenvalue weighted by Crippen LogP contribution is -2.17. The molecule has 0 saturated heterocycles. The molecule has 0 bridgehead atoms. The summed E-state index contributed by atoms with van der Waals surface area (Å²) >= 11 is 0. The second-order valence-corrected chi connectivity index (χ2v) is 3.80. The lowest BCUT2D eigenvalue weighted by Gasteiger charge is -2.08. The molecular formula is C13H14O3. The third kappa shape index (κ3) is 1.74. The summed E-state index contributed by atoms with van der Waals surface area (Å²) in [6.07, 6.45) is 2.11. The first-order valence-electron chi connectivity index (χ1n) is 5.39. The van der Waals surface area contributed by atoms with E-state index >= 15 is 0 Å². The minimum Gasteiger partial charge on any atom is -0.464 e. The van der Waals surface area contributed by atoms with E-state index in [0.717, 1.165) is 5.39 Å². The summed E-state index contributed by atoms with van der Waals surface area (Å²) in [4.78, 5) is 12.1. The number of hydrogen-bond donors (Lipinski definition) is 1. The highest BCUT2D eigenvalue weighted by atomic mass is 16.3. The van der Waals surface area contributed by atoms with Gasteiger partial charge in [-0.05, 0) is 12.5 Å². The molecule has 0 radical (unpaired) electrons. The number of benzene rings is 1. The highest BCUT2D eigenvalue weighted by Crippen LogP contribution is 2.24. The van der Waals surface area contributed by atoms with Crippen molar-refractivity contribution in [2.45, 2.75) is 13.3 Å². The van der Waals surface area contributed by atoms with E-state index in [1.807, 2.05) is 31.2 Å². The topological polar surface area (TPSA) is 50.4 Å². The zero-order valence-corrected chi connectivity index (χ0v) is 9.14. The van der Waals surface area contributed by atoms with Crippen molar-refractivity contribution in [2.24, 2.45) is 5.92 Å². The Balaban J connectivity index is 2.43. The van der Waals surface area contributed by atoms with E-state index in [2.05, 4.69) is 0 Å². The molecule has 1 N–H and O–H groups in total. The van der Waals surface area contributed by atoms with Gasteiger partial charge in [0.2, 0.25) is 0 Å². The van der Waals surface area contributed by atoms with Crippen LogP contribution in [0.3, 0.4) is 0 Å². The fourth-order valence-electron chi connectivity index (χ4n) is 1.79.